The number of benzene rings is 1. The zero-order chi connectivity index (χ0) is 16.1. The zero-order valence-corrected chi connectivity index (χ0v) is 16.2. The Morgan fingerprint density at radius 1 is 1.30 bits per heavy atom. The molecule has 0 aliphatic carbocycles. The minimum atomic E-state index is -0.325. The van der Waals surface area contributed by atoms with Crippen LogP contribution in [0.2, 0.25) is 0 Å². The highest BCUT2D eigenvalue weighted by Crippen LogP contribution is 2.12. The number of nitrogens with zero attached hydrogens (tertiary/aromatic N) is 1. The number of fused-ring (bicyclic) bond motifs is 1. The van der Waals surface area contributed by atoms with Crippen LogP contribution in [0.3, 0.4) is 0 Å². The molecule has 0 bridgehead atoms. The van der Waals surface area contributed by atoms with E-state index in [0.717, 1.165) is 28.7 Å². The smallest absolute Gasteiger partial charge is 0.256 e. The molecule has 0 fully saturated rings. The summed E-state index contributed by atoms with van der Waals surface area (Å²) in [6.07, 6.45) is 1.49. The number of carbonyl (C=O) groups is 1. The van der Waals surface area contributed by atoms with Gasteiger partial charge in [0, 0.05) is 33.8 Å². The molecule has 1 aromatic heterocycles. The third-order valence-electron chi connectivity index (χ3n) is 3.70. The van der Waals surface area contributed by atoms with E-state index in [-0.39, 0.29) is 29.3 Å². The van der Waals surface area contributed by atoms with E-state index in [2.05, 4.69) is 51.6 Å². The Balaban J connectivity index is 0.00000264. The van der Waals surface area contributed by atoms with E-state index in [0.29, 0.717) is 11.9 Å². The van der Waals surface area contributed by atoms with Crippen molar-refractivity contribution in [2.24, 2.45) is 0 Å². The normalized spacial score (nSPS) is 10.6. The van der Waals surface area contributed by atoms with Crippen LogP contribution in [0.5, 0.6) is 0 Å². The molecule has 0 radical (unpaired) electrons. The molecule has 2 aromatic rings. The first-order valence-electron chi connectivity index (χ1n) is 7.38. The lowest BCUT2D eigenvalue weighted by Crippen LogP contribution is -2.36. The van der Waals surface area contributed by atoms with Gasteiger partial charge in [0.15, 0.2) is 0 Å². The Morgan fingerprint density at radius 3 is 2.65 bits per heavy atom. The van der Waals surface area contributed by atoms with Gasteiger partial charge in [-0.05, 0) is 53.9 Å². The van der Waals surface area contributed by atoms with Crippen molar-refractivity contribution in [2.45, 2.75) is 13.8 Å². The van der Waals surface area contributed by atoms with E-state index in [9.17, 15) is 9.59 Å². The van der Waals surface area contributed by atoms with Gasteiger partial charge in [-0.3, -0.25) is 9.59 Å². The van der Waals surface area contributed by atoms with E-state index in [1.165, 1.54) is 6.20 Å². The monoisotopic (exact) mass is 449 g/mol. The average Bonchev–Trinajstić information content (AvgIpc) is 2.52. The van der Waals surface area contributed by atoms with Gasteiger partial charge in [-0.2, -0.15) is 0 Å². The molecule has 5 nitrogen and oxygen atoms in total. The van der Waals surface area contributed by atoms with Crippen molar-refractivity contribution >= 4 is 51.8 Å². The topological polar surface area (TPSA) is 65.2 Å². The van der Waals surface area contributed by atoms with Crippen LogP contribution in [0.4, 0.5) is 0 Å². The molecule has 2 N–H and O–H groups in total. The minimum absolute atomic E-state index is 0. The molecular formula is C16H21ClIN3O2. The molecule has 0 atom stereocenters. The van der Waals surface area contributed by atoms with Gasteiger partial charge in [-0.15, -0.1) is 12.4 Å². The molecule has 1 aromatic carbocycles. The lowest BCUT2D eigenvalue weighted by Gasteiger charge is -2.17. The standard InChI is InChI=1S/C16H20IN3O2.ClH/c1-3-20(4-2)8-7-18-16(22)13-10-19-14-6-5-11(17)9-12(14)15(13)21;/h5-6,9-10H,3-4,7-8H2,1-2H3,(H,18,22)(H,19,21);1H. The van der Waals surface area contributed by atoms with Crippen LogP contribution in [0.1, 0.15) is 24.2 Å². The molecular weight excluding hydrogens is 429 g/mol. The summed E-state index contributed by atoms with van der Waals surface area (Å²) in [5.74, 6) is -0.325. The van der Waals surface area contributed by atoms with E-state index in [4.69, 9.17) is 0 Å². The van der Waals surface area contributed by atoms with Gasteiger partial charge in [-0.25, -0.2) is 0 Å². The van der Waals surface area contributed by atoms with Crippen LogP contribution in [0.25, 0.3) is 10.9 Å². The van der Waals surface area contributed by atoms with Gasteiger partial charge < -0.3 is 15.2 Å². The lowest BCUT2D eigenvalue weighted by atomic mass is 10.1. The van der Waals surface area contributed by atoms with E-state index in [1.807, 2.05) is 12.1 Å². The van der Waals surface area contributed by atoms with Gasteiger partial charge in [-0.1, -0.05) is 13.8 Å². The average molecular weight is 450 g/mol. The highest BCUT2D eigenvalue weighted by atomic mass is 127. The number of halogens is 2. The Kier molecular flexibility index (Phi) is 8.01. The number of nitrogens with one attached hydrogen (secondary N) is 2. The van der Waals surface area contributed by atoms with E-state index < -0.39 is 0 Å². The number of aromatic amines is 1. The quantitative estimate of drug-likeness (QED) is 0.667. The molecule has 1 heterocycles. The second-order valence-corrected chi connectivity index (χ2v) is 6.25. The molecule has 0 saturated carbocycles. The summed E-state index contributed by atoms with van der Waals surface area (Å²) in [5.41, 5.74) is 0.673. The van der Waals surface area contributed by atoms with Gasteiger partial charge in [0.25, 0.3) is 5.91 Å². The third kappa shape index (κ3) is 4.92. The summed E-state index contributed by atoms with van der Waals surface area (Å²) in [6, 6.07) is 5.56. The van der Waals surface area contributed by atoms with E-state index in [1.54, 1.807) is 6.07 Å². The first-order valence-corrected chi connectivity index (χ1v) is 8.46. The molecule has 1 amide bonds. The second kappa shape index (κ2) is 9.24. The number of likely N-dealkylation sites (N-methyl/N-ethyl adjacent to an activating group) is 1. The molecule has 0 unspecified atom stereocenters. The van der Waals surface area contributed by atoms with Crippen LogP contribution in [-0.4, -0.2) is 42.0 Å². The maximum Gasteiger partial charge on any atom is 0.256 e. The molecule has 0 saturated heterocycles. The van der Waals surface area contributed by atoms with Crippen molar-refractivity contribution in [1.82, 2.24) is 15.2 Å². The number of carbonyl (C=O) groups excluding carboxylic acids is 1. The summed E-state index contributed by atoms with van der Waals surface area (Å²) < 4.78 is 0.967. The SMILES string of the molecule is CCN(CC)CCNC(=O)c1c[nH]c2ccc(I)cc2c1=O.Cl. The summed E-state index contributed by atoms with van der Waals surface area (Å²) >= 11 is 2.15. The molecule has 0 aliphatic rings. The fourth-order valence-electron chi connectivity index (χ4n) is 2.32. The Hall–Kier alpha value is -1.12. The fourth-order valence-corrected chi connectivity index (χ4v) is 2.81. The largest absolute Gasteiger partial charge is 0.360 e. The minimum Gasteiger partial charge on any atom is -0.360 e. The maximum atomic E-state index is 12.4. The van der Waals surface area contributed by atoms with Gasteiger partial charge >= 0.3 is 0 Å². The highest BCUT2D eigenvalue weighted by Gasteiger charge is 2.13. The van der Waals surface area contributed by atoms with Gasteiger partial charge in [0.05, 0.1) is 0 Å². The summed E-state index contributed by atoms with van der Waals surface area (Å²) in [7, 11) is 0. The number of hydrogen-bond acceptors (Lipinski definition) is 3. The summed E-state index contributed by atoms with van der Waals surface area (Å²) in [5, 5.41) is 3.36. The second-order valence-electron chi connectivity index (χ2n) is 5.00. The lowest BCUT2D eigenvalue weighted by molar-refractivity contribution is 0.0947. The first kappa shape index (κ1) is 19.9. The van der Waals surface area contributed by atoms with Crippen LogP contribution < -0.4 is 10.7 Å². The zero-order valence-electron chi connectivity index (χ0n) is 13.2. The number of aromatic nitrogens is 1. The van der Waals surface area contributed by atoms with Crippen LogP contribution >= 0.6 is 35.0 Å². The Bertz CT molecular complexity index is 729. The number of pyridine rings is 1. The van der Waals surface area contributed by atoms with Crippen molar-refractivity contribution in [3.05, 3.63) is 43.8 Å². The van der Waals surface area contributed by atoms with Crippen molar-refractivity contribution < 1.29 is 4.79 Å². The van der Waals surface area contributed by atoms with Gasteiger partial charge in [0.1, 0.15) is 5.56 Å². The van der Waals surface area contributed by atoms with E-state index >= 15 is 0 Å². The molecule has 0 spiro atoms. The van der Waals surface area contributed by atoms with Gasteiger partial charge in [0.2, 0.25) is 5.43 Å². The number of hydrogen-bond donors (Lipinski definition) is 2. The van der Waals surface area contributed by atoms with Crippen LogP contribution in [-0.2, 0) is 0 Å². The maximum absolute atomic E-state index is 12.4. The molecule has 126 valence electrons. The number of rotatable bonds is 6. The molecule has 7 heteroatoms. The summed E-state index contributed by atoms with van der Waals surface area (Å²) in [4.78, 5) is 29.9. The van der Waals surface area contributed by atoms with Crippen molar-refractivity contribution in [1.29, 1.82) is 0 Å². The first-order chi connectivity index (χ1) is 10.6. The third-order valence-corrected chi connectivity index (χ3v) is 4.37. The van der Waals surface area contributed by atoms with Crippen molar-refractivity contribution in [3.8, 4) is 0 Å². The molecule has 23 heavy (non-hydrogen) atoms. The molecule has 0 aliphatic heterocycles. The predicted molar refractivity (Wildman–Crippen MR) is 105 cm³/mol. The Morgan fingerprint density at radius 2 is 2.00 bits per heavy atom. The van der Waals surface area contributed by atoms with Crippen LogP contribution in [0.15, 0.2) is 29.2 Å². The fraction of sp³-hybridized carbons (Fsp3) is 0.375. The van der Waals surface area contributed by atoms with Crippen LogP contribution in [0, 0.1) is 3.57 Å². The number of H-pyrrole nitrogens is 1. The predicted octanol–water partition coefficient (Wildman–Crippen LogP) is 2.63. The highest BCUT2D eigenvalue weighted by molar-refractivity contribution is 14.1. The van der Waals surface area contributed by atoms with Crippen molar-refractivity contribution in [2.75, 3.05) is 26.2 Å². The number of amides is 1. The molecule has 2 rings (SSSR count). The van der Waals surface area contributed by atoms with Crippen molar-refractivity contribution in [3.63, 3.8) is 0 Å². The summed E-state index contributed by atoms with van der Waals surface area (Å²) in [6.45, 7) is 7.37. The Labute approximate surface area is 155 Å².